The summed E-state index contributed by atoms with van der Waals surface area (Å²) in [7, 11) is 0. The van der Waals surface area contributed by atoms with E-state index < -0.39 is 0 Å². The van der Waals surface area contributed by atoms with Gasteiger partial charge in [-0.15, -0.1) is 0 Å². The quantitative estimate of drug-likeness (QED) is 0.450. The fourth-order valence-electron chi connectivity index (χ4n) is 8.29. The monoisotopic (exact) mass is 386 g/mol. The molecule has 0 saturated heterocycles. The standard InChI is InChI=1S/C25H38O3/c1-15-13-22-20-8-7-18-14-19(28-17(3)27)9-11-23(18,4)21(20)10-12-24(22,5)25(15,6)16(2)26/h7,15,19-22H,8-14H2,1-6H3/t15-,19-,20-,21+,22+,23-,24-,25-/m1/s1. The summed E-state index contributed by atoms with van der Waals surface area (Å²) in [4.78, 5) is 24.2. The largest absolute Gasteiger partial charge is 0.462 e. The first-order chi connectivity index (χ1) is 13.0. The van der Waals surface area contributed by atoms with E-state index in [1.54, 1.807) is 0 Å². The number of Topliss-reactive ketones (excluding diaryl/α,β-unsaturated/α-hetero) is 1. The highest BCUT2D eigenvalue weighted by Gasteiger charge is 2.66. The van der Waals surface area contributed by atoms with E-state index in [-0.39, 0.29) is 28.3 Å². The molecule has 0 heterocycles. The van der Waals surface area contributed by atoms with Crippen LogP contribution in [0.1, 0.15) is 86.5 Å². The molecule has 0 N–H and O–H groups in total. The van der Waals surface area contributed by atoms with Crippen LogP contribution >= 0.6 is 0 Å². The van der Waals surface area contributed by atoms with Gasteiger partial charge in [0.15, 0.2) is 0 Å². The molecular weight excluding hydrogens is 348 g/mol. The SMILES string of the molecule is CC(=O)O[C@@H]1CC[C@]2(C)C(=CC[C@@H]3[C@@H]2CC[C@]2(C)[C@H]3C[C@@H](C)[C@]2(C)C(C)=O)C1. The van der Waals surface area contributed by atoms with E-state index in [1.165, 1.54) is 31.8 Å². The Bertz CT molecular complexity index is 723. The molecule has 4 aliphatic rings. The number of fused-ring (bicyclic) bond motifs is 5. The van der Waals surface area contributed by atoms with Gasteiger partial charge in [0, 0.05) is 18.8 Å². The van der Waals surface area contributed by atoms with Gasteiger partial charge < -0.3 is 4.74 Å². The number of rotatable bonds is 2. The summed E-state index contributed by atoms with van der Waals surface area (Å²) in [6.07, 6.45) is 10.3. The second-order valence-electron chi connectivity index (χ2n) is 11.1. The van der Waals surface area contributed by atoms with Gasteiger partial charge in [-0.25, -0.2) is 0 Å². The Kier molecular flexibility index (Phi) is 4.64. The van der Waals surface area contributed by atoms with Crippen LogP contribution in [0.5, 0.6) is 0 Å². The Morgan fingerprint density at radius 1 is 1.07 bits per heavy atom. The fraction of sp³-hybridized carbons (Fsp3) is 0.840. The zero-order valence-electron chi connectivity index (χ0n) is 18.6. The number of hydrogen-bond acceptors (Lipinski definition) is 3. The lowest BCUT2D eigenvalue weighted by Gasteiger charge is -2.59. The minimum atomic E-state index is -0.180. The van der Waals surface area contributed by atoms with Crippen LogP contribution in [-0.2, 0) is 14.3 Å². The molecule has 4 aliphatic carbocycles. The third-order valence-corrected chi connectivity index (χ3v) is 10.3. The number of carbonyl (C=O) groups is 2. The Morgan fingerprint density at radius 3 is 2.43 bits per heavy atom. The van der Waals surface area contributed by atoms with Crippen molar-refractivity contribution in [2.24, 2.45) is 39.9 Å². The highest BCUT2D eigenvalue weighted by atomic mass is 16.5. The van der Waals surface area contributed by atoms with Gasteiger partial charge >= 0.3 is 5.97 Å². The first-order valence-electron chi connectivity index (χ1n) is 11.4. The molecule has 3 nitrogen and oxygen atoms in total. The number of ketones is 1. The van der Waals surface area contributed by atoms with E-state index in [9.17, 15) is 9.59 Å². The normalized spacial score (nSPS) is 50.1. The van der Waals surface area contributed by atoms with Gasteiger partial charge in [-0.05, 0) is 80.0 Å². The predicted octanol–water partition coefficient (Wildman–Crippen LogP) is 5.72. The molecule has 8 atom stereocenters. The molecule has 0 amide bonds. The second-order valence-corrected chi connectivity index (χ2v) is 11.1. The molecule has 0 unspecified atom stereocenters. The van der Waals surface area contributed by atoms with Gasteiger partial charge in [-0.2, -0.15) is 0 Å². The van der Waals surface area contributed by atoms with Crippen LogP contribution in [-0.4, -0.2) is 17.9 Å². The van der Waals surface area contributed by atoms with E-state index >= 15 is 0 Å². The van der Waals surface area contributed by atoms with Crippen LogP contribution in [0.25, 0.3) is 0 Å². The van der Waals surface area contributed by atoms with Crippen LogP contribution in [0, 0.1) is 39.9 Å². The maximum absolute atomic E-state index is 12.8. The molecule has 0 radical (unpaired) electrons. The van der Waals surface area contributed by atoms with E-state index in [1.807, 2.05) is 6.92 Å². The minimum Gasteiger partial charge on any atom is -0.462 e. The molecular formula is C25H38O3. The van der Waals surface area contributed by atoms with Crippen molar-refractivity contribution >= 4 is 11.8 Å². The number of esters is 1. The fourth-order valence-corrected chi connectivity index (χ4v) is 8.29. The average Bonchev–Trinajstić information content (AvgIpc) is 2.83. The summed E-state index contributed by atoms with van der Waals surface area (Å²) in [6, 6.07) is 0. The average molecular weight is 387 g/mol. The Labute approximate surface area is 170 Å². The molecule has 28 heavy (non-hydrogen) atoms. The van der Waals surface area contributed by atoms with Crippen molar-refractivity contribution in [3.63, 3.8) is 0 Å². The molecule has 3 saturated carbocycles. The van der Waals surface area contributed by atoms with E-state index in [2.05, 4.69) is 33.8 Å². The molecule has 0 aromatic carbocycles. The number of ether oxygens (including phenoxy) is 1. The number of allylic oxidation sites excluding steroid dienone is 1. The highest BCUT2D eigenvalue weighted by molar-refractivity contribution is 5.83. The van der Waals surface area contributed by atoms with Crippen molar-refractivity contribution in [1.29, 1.82) is 0 Å². The van der Waals surface area contributed by atoms with Crippen molar-refractivity contribution < 1.29 is 14.3 Å². The van der Waals surface area contributed by atoms with Crippen molar-refractivity contribution in [2.75, 3.05) is 0 Å². The van der Waals surface area contributed by atoms with Gasteiger partial charge in [0.2, 0.25) is 0 Å². The van der Waals surface area contributed by atoms with Crippen molar-refractivity contribution in [3.05, 3.63) is 11.6 Å². The van der Waals surface area contributed by atoms with Crippen molar-refractivity contribution in [3.8, 4) is 0 Å². The lowest BCUT2D eigenvalue weighted by molar-refractivity contribution is -0.150. The third kappa shape index (κ3) is 2.53. The lowest BCUT2D eigenvalue weighted by atomic mass is 9.45. The Hall–Kier alpha value is -1.12. The van der Waals surface area contributed by atoms with Gasteiger partial charge in [0.05, 0.1) is 0 Å². The minimum absolute atomic E-state index is 0.0646. The molecule has 0 aromatic rings. The summed E-state index contributed by atoms with van der Waals surface area (Å²) in [5.41, 5.74) is 1.74. The molecule has 3 heteroatoms. The Balaban J connectivity index is 1.64. The molecule has 0 spiro atoms. The summed E-state index contributed by atoms with van der Waals surface area (Å²) in [5, 5.41) is 0. The molecule has 156 valence electrons. The molecule has 0 aromatic heterocycles. The van der Waals surface area contributed by atoms with Gasteiger partial charge in [-0.3, -0.25) is 9.59 Å². The van der Waals surface area contributed by atoms with Crippen LogP contribution < -0.4 is 0 Å². The van der Waals surface area contributed by atoms with E-state index in [0.717, 1.165) is 25.7 Å². The van der Waals surface area contributed by atoms with Crippen LogP contribution in [0.4, 0.5) is 0 Å². The summed E-state index contributed by atoms with van der Waals surface area (Å²) < 4.78 is 5.56. The Morgan fingerprint density at radius 2 is 1.79 bits per heavy atom. The van der Waals surface area contributed by atoms with Crippen LogP contribution in [0.3, 0.4) is 0 Å². The highest BCUT2D eigenvalue weighted by Crippen LogP contribution is 2.71. The second kappa shape index (κ2) is 6.44. The van der Waals surface area contributed by atoms with Crippen molar-refractivity contribution in [1.82, 2.24) is 0 Å². The molecule has 4 rings (SSSR count). The molecule has 0 aliphatic heterocycles. The van der Waals surface area contributed by atoms with Gasteiger partial charge in [0.1, 0.15) is 11.9 Å². The topological polar surface area (TPSA) is 43.4 Å². The first-order valence-corrected chi connectivity index (χ1v) is 11.4. The number of carbonyl (C=O) groups excluding carboxylic acids is 2. The third-order valence-electron chi connectivity index (χ3n) is 10.3. The predicted molar refractivity (Wildman–Crippen MR) is 111 cm³/mol. The summed E-state index contributed by atoms with van der Waals surface area (Å²) in [6.45, 7) is 12.8. The summed E-state index contributed by atoms with van der Waals surface area (Å²) >= 11 is 0. The van der Waals surface area contributed by atoms with E-state index in [4.69, 9.17) is 4.74 Å². The van der Waals surface area contributed by atoms with Gasteiger partial charge in [0.25, 0.3) is 0 Å². The van der Waals surface area contributed by atoms with Crippen LogP contribution in [0.2, 0.25) is 0 Å². The van der Waals surface area contributed by atoms with Crippen molar-refractivity contribution in [2.45, 2.75) is 92.6 Å². The van der Waals surface area contributed by atoms with Crippen LogP contribution in [0.15, 0.2) is 11.6 Å². The first kappa shape index (κ1) is 20.2. The summed E-state index contributed by atoms with van der Waals surface area (Å²) in [5.74, 6) is 2.77. The molecule has 0 bridgehead atoms. The van der Waals surface area contributed by atoms with E-state index in [0.29, 0.717) is 29.5 Å². The molecule has 3 fully saturated rings. The van der Waals surface area contributed by atoms with Gasteiger partial charge in [-0.1, -0.05) is 39.3 Å². The maximum atomic E-state index is 12.8. The zero-order valence-corrected chi connectivity index (χ0v) is 18.6. The lowest BCUT2D eigenvalue weighted by Crippen LogP contribution is -2.53. The zero-order chi connectivity index (χ0) is 20.5. The number of hydrogen-bond donors (Lipinski definition) is 0. The smallest absolute Gasteiger partial charge is 0.302 e. The maximum Gasteiger partial charge on any atom is 0.302 e.